The Kier molecular flexibility index (Phi) is 8.97. The van der Waals surface area contributed by atoms with Gasteiger partial charge in [-0.15, -0.1) is 4.40 Å². The largest absolute Gasteiger partial charge is 0.461 e. The summed E-state index contributed by atoms with van der Waals surface area (Å²) in [6.45, 7) is 5.28. The zero-order valence-electron chi connectivity index (χ0n) is 21.4. The van der Waals surface area contributed by atoms with Crippen molar-refractivity contribution < 1.29 is 27.5 Å². The molecule has 0 aromatic heterocycles. The molecule has 4 rings (SSSR count). The van der Waals surface area contributed by atoms with Crippen LogP contribution in [0.25, 0.3) is 0 Å². The number of hydrogen-bond donors (Lipinski definition) is 1. The third-order valence-corrected chi connectivity index (χ3v) is 6.94. The number of cyclic esters (lactones) is 1. The van der Waals surface area contributed by atoms with Gasteiger partial charge in [0.05, 0.1) is 19.2 Å². The SMILES string of the molecule is CS(=O)(=O)/N=C(\N)c1ccc(N2CC(CN3CCN(CCC(=O)OCc4ccccc4)CC3)OC2=O)cc1. The Morgan fingerprint density at radius 1 is 1.05 bits per heavy atom. The average molecular weight is 544 g/mol. The molecule has 0 bridgehead atoms. The number of nitrogens with zero attached hydrogens (tertiary/aromatic N) is 4. The molecule has 12 heteroatoms. The van der Waals surface area contributed by atoms with Crippen molar-refractivity contribution in [2.75, 3.05) is 57.0 Å². The lowest BCUT2D eigenvalue weighted by Crippen LogP contribution is -2.49. The molecule has 0 radical (unpaired) electrons. The number of anilines is 1. The number of esters is 1. The minimum atomic E-state index is -3.60. The molecule has 2 fully saturated rings. The molecule has 2 heterocycles. The minimum absolute atomic E-state index is 0.107. The molecule has 2 saturated heterocycles. The van der Waals surface area contributed by atoms with Crippen LogP contribution >= 0.6 is 0 Å². The first kappa shape index (κ1) is 27.6. The van der Waals surface area contributed by atoms with Gasteiger partial charge in [-0.1, -0.05) is 30.3 Å². The molecule has 1 amide bonds. The van der Waals surface area contributed by atoms with Gasteiger partial charge in [-0.05, 0) is 29.8 Å². The van der Waals surface area contributed by atoms with Crippen molar-refractivity contribution in [2.45, 2.75) is 19.1 Å². The van der Waals surface area contributed by atoms with Crippen LogP contribution in [-0.4, -0.2) is 94.3 Å². The lowest BCUT2D eigenvalue weighted by molar-refractivity contribution is -0.145. The Balaban J connectivity index is 1.18. The fraction of sp³-hybridized carbons (Fsp3) is 0.423. The molecule has 0 saturated carbocycles. The Morgan fingerprint density at radius 3 is 2.37 bits per heavy atom. The molecule has 1 atom stereocenters. The summed E-state index contributed by atoms with van der Waals surface area (Å²) in [6.07, 6.45) is 0.636. The van der Waals surface area contributed by atoms with Crippen LogP contribution in [0.2, 0.25) is 0 Å². The third-order valence-electron chi connectivity index (χ3n) is 6.41. The first-order valence-corrected chi connectivity index (χ1v) is 14.3. The van der Waals surface area contributed by atoms with Gasteiger partial charge in [0.15, 0.2) is 0 Å². The Bertz CT molecular complexity index is 1240. The highest BCUT2D eigenvalue weighted by molar-refractivity contribution is 7.89. The van der Waals surface area contributed by atoms with Crippen molar-refractivity contribution in [3.05, 3.63) is 65.7 Å². The van der Waals surface area contributed by atoms with Gasteiger partial charge in [0.25, 0.3) is 10.0 Å². The van der Waals surface area contributed by atoms with Gasteiger partial charge >= 0.3 is 12.1 Å². The second kappa shape index (κ2) is 12.4. The van der Waals surface area contributed by atoms with E-state index >= 15 is 0 Å². The summed E-state index contributed by atoms with van der Waals surface area (Å²) < 4.78 is 37.1. The smallest absolute Gasteiger partial charge is 0.414 e. The highest BCUT2D eigenvalue weighted by atomic mass is 32.2. The Hall–Kier alpha value is -3.48. The number of benzene rings is 2. The first-order chi connectivity index (χ1) is 18.2. The fourth-order valence-corrected chi connectivity index (χ4v) is 4.88. The van der Waals surface area contributed by atoms with Crippen LogP contribution in [0.15, 0.2) is 59.0 Å². The van der Waals surface area contributed by atoms with Crippen LogP contribution in [0, 0.1) is 0 Å². The van der Waals surface area contributed by atoms with Gasteiger partial charge in [-0.3, -0.25) is 14.6 Å². The van der Waals surface area contributed by atoms with E-state index in [1.54, 1.807) is 29.2 Å². The van der Waals surface area contributed by atoms with Gasteiger partial charge in [-0.2, -0.15) is 0 Å². The van der Waals surface area contributed by atoms with Gasteiger partial charge in [-0.25, -0.2) is 13.2 Å². The number of carbonyl (C=O) groups excluding carboxylic acids is 2. The summed E-state index contributed by atoms with van der Waals surface area (Å²) in [5, 5.41) is 0. The standard InChI is InChI=1S/C26H33N5O6S/c1-38(34,35)28-25(27)21-7-9-22(10-8-21)31-18-23(37-26(31)33)17-30-15-13-29(14-16-30)12-11-24(32)36-19-20-5-3-2-4-6-20/h2-10,23H,11-19H2,1H3,(H2,27,28). The molecule has 11 nitrogen and oxygen atoms in total. The zero-order valence-corrected chi connectivity index (χ0v) is 22.2. The van der Waals surface area contributed by atoms with E-state index in [4.69, 9.17) is 15.2 Å². The van der Waals surface area contributed by atoms with Gasteiger partial charge in [0.2, 0.25) is 0 Å². The monoisotopic (exact) mass is 543 g/mol. The van der Waals surface area contributed by atoms with Crippen LogP contribution < -0.4 is 10.6 Å². The Labute approximate surface area is 222 Å². The molecule has 38 heavy (non-hydrogen) atoms. The van der Waals surface area contributed by atoms with Crippen LogP contribution in [0.1, 0.15) is 17.5 Å². The summed E-state index contributed by atoms with van der Waals surface area (Å²) >= 11 is 0. The first-order valence-electron chi connectivity index (χ1n) is 12.4. The maximum absolute atomic E-state index is 12.5. The van der Waals surface area contributed by atoms with E-state index in [0.29, 0.717) is 43.9 Å². The maximum Gasteiger partial charge on any atom is 0.414 e. The van der Waals surface area contributed by atoms with E-state index in [9.17, 15) is 18.0 Å². The zero-order chi connectivity index (χ0) is 27.1. The summed E-state index contributed by atoms with van der Waals surface area (Å²) in [5.74, 6) is -0.309. The highest BCUT2D eigenvalue weighted by Gasteiger charge is 2.34. The van der Waals surface area contributed by atoms with Crippen molar-refractivity contribution in [1.29, 1.82) is 0 Å². The molecule has 1 unspecified atom stereocenters. The third kappa shape index (κ3) is 8.01. The summed E-state index contributed by atoms with van der Waals surface area (Å²) in [6, 6.07) is 16.2. The molecular weight excluding hydrogens is 510 g/mol. The van der Waals surface area contributed by atoms with E-state index in [2.05, 4.69) is 14.2 Å². The predicted molar refractivity (Wildman–Crippen MR) is 143 cm³/mol. The predicted octanol–water partition coefficient (Wildman–Crippen LogP) is 1.43. The molecule has 2 aliphatic heterocycles. The topological polar surface area (TPSA) is 135 Å². The van der Waals surface area contributed by atoms with Crippen molar-refractivity contribution in [2.24, 2.45) is 10.1 Å². The summed E-state index contributed by atoms with van der Waals surface area (Å²) in [7, 11) is -3.60. The van der Waals surface area contributed by atoms with Crippen LogP contribution in [0.5, 0.6) is 0 Å². The van der Waals surface area contributed by atoms with Gasteiger partial charge < -0.3 is 20.1 Å². The van der Waals surface area contributed by atoms with Gasteiger partial charge in [0, 0.05) is 50.5 Å². The Morgan fingerprint density at radius 2 is 1.71 bits per heavy atom. The van der Waals surface area contributed by atoms with Crippen LogP contribution in [0.4, 0.5) is 10.5 Å². The van der Waals surface area contributed by atoms with Gasteiger partial charge in [0.1, 0.15) is 18.5 Å². The number of hydrogen-bond acceptors (Lipinski definition) is 8. The lowest BCUT2D eigenvalue weighted by atomic mass is 10.2. The number of sulfonamides is 1. The van der Waals surface area contributed by atoms with E-state index in [1.807, 2.05) is 30.3 Å². The molecule has 2 aromatic rings. The van der Waals surface area contributed by atoms with Crippen LogP contribution in [0.3, 0.4) is 0 Å². The second-order valence-corrected chi connectivity index (χ2v) is 11.1. The van der Waals surface area contributed by atoms with Crippen molar-refractivity contribution in [3.63, 3.8) is 0 Å². The number of nitrogens with two attached hydrogens (primary N) is 1. The van der Waals surface area contributed by atoms with Crippen molar-refractivity contribution in [3.8, 4) is 0 Å². The maximum atomic E-state index is 12.5. The molecule has 204 valence electrons. The molecule has 2 N–H and O–H groups in total. The van der Waals surface area contributed by atoms with Crippen molar-refractivity contribution in [1.82, 2.24) is 9.80 Å². The molecule has 0 aliphatic carbocycles. The van der Waals surface area contributed by atoms with E-state index in [1.165, 1.54) is 0 Å². The number of carbonyl (C=O) groups is 2. The average Bonchev–Trinajstić information content (AvgIpc) is 3.26. The van der Waals surface area contributed by atoms with E-state index < -0.39 is 16.1 Å². The number of rotatable bonds is 10. The molecular formula is C26H33N5O6S. The summed E-state index contributed by atoms with van der Waals surface area (Å²) in [4.78, 5) is 30.6. The minimum Gasteiger partial charge on any atom is -0.461 e. The second-order valence-electron chi connectivity index (χ2n) is 9.41. The van der Waals surface area contributed by atoms with E-state index in [-0.39, 0.29) is 17.9 Å². The number of piperazine rings is 1. The molecule has 2 aromatic carbocycles. The quantitative estimate of drug-likeness (QED) is 0.268. The molecule has 2 aliphatic rings. The fourth-order valence-electron chi connectivity index (χ4n) is 4.41. The van der Waals surface area contributed by atoms with E-state index in [0.717, 1.165) is 38.0 Å². The highest BCUT2D eigenvalue weighted by Crippen LogP contribution is 2.23. The number of ether oxygens (including phenoxy) is 2. The summed E-state index contributed by atoms with van der Waals surface area (Å²) in [5.41, 5.74) is 7.81. The molecule has 0 spiro atoms. The number of amides is 1. The van der Waals surface area contributed by atoms with Crippen LogP contribution in [-0.2, 0) is 30.9 Å². The number of amidine groups is 1. The normalized spacial score (nSPS) is 19.4. The van der Waals surface area contributed by atoms with Crippen molar-refractivity contribution >= 4 is 33.6 Å². The lowest BCUT2D eigenvalue weighted by Gasteiger charge is -2.35.